The largest absolute Gasteiger partial charge is 0.295 e. The van der Waals surface area contributed by atoms with Gasteiger partial charge in [0.2, 0.25) is 0 Å². The third-order valence-corrected chi connectivity index (χ3v) is 3.39. The van der Waals surface area contributed by atoms with Gasteiger partial charge in [-0.15, -0.1) is 0 Å². The zero-order chi connectivity index (χ0) is 12.7. The van der Waals surface area contributed by atoms with Crippen molar-refractivity contribution in [3.8, 4) is 0 Å². The minimum Gasteiger partial charge on any atom is -0.295 e. The molecule has 96 valence electrons. The molecule has 1 rings (SSSR count). The maximum absolute atomic E-state index is 5.99. The predicted octanol–water partition coefficient (Wildman–Crippen LogP) is 4.14. The average molecular weight is 255 g/mol. The van der Waals surface area contributed by atoms with Crippen LogP contribution in [0.3, 0.4) is 0 Å². The Balaban J connectivity index is 2.64. The van der Waals surface area contributed by atoms with Gasteiger partial charge in [-0.2, -0.15) is 0 Å². The second kappa shape index (κ2) is 7.67. The molecular weight excluding hydrogens is 232 g/mol. The third kappa shape index (κ3) is 5.05. The van der Waals surface area contributed by atoms with Crippen molar-refractivity contribution in [2.45, 2.75) is 52.6 Å². The van der Waals surface area contributed by atoms with Gasteiger partial charge in [0.15, 0.2) is 0 Å². The first-order chi connectivity index (χ1) is 8.17. The summed E-state index contributed by atoms with van der Waals surface area (Å²) in [5, 5.41) is 0.773. The standard InChI is InChI=1S/C14H23ClN2/c1-4-6-9-17(12(3)5-2)11-14-10-13(15)7-8-16-14/h7-8,10,12H,4-6,9,11H2,1-3H3. The van der Waals surface area contributed by atoms with Crippen molar-refractivity contribution in [3.63, 3.8) is 0 Å². The highest BCUT2D eigenvalue weighted by molar-refractivity contribution is 6.30. The minimum atomic E-state index is 0.599. The Bertz CT molecular complexity index is 328. The summed E-state index contributed by atoms with van der Waals surface area (Å²) in [6, 6.07) is 4.38. The summed E-state index contributed by atoms with van der Waals surface area (Å²) in [5.41, 5.74) is 1.06. The Morgan fingerprint density at radius 2 is 2.18 bits per heavy atom. The first-order valence-corrected chi connectivity index (χ1v) is 6.89. The number of hydrogen-bond acceptors (Lipinski definition) is 2. The van der Waals surface area contributed by atoms with E-state index in [4.69, 9.17) is 11.6 Å². The van der Waals surface area contributed by atoms with Gasteiger partial charge in [0.05, 0.1) is 5.69 Å². The van der Waals surface area contributed by atoms with E-state index in [0.29, 0.717) is 6.04 Å². The summed E-state index contributed by atoms with van der Waals surface area (Å²) in [4.78, 5) is 6.87. The van der Waals surface area contributed by atoms with Crippen LogP contribution >= 0.6 is 11.6 Å². The van der Waals surface area contributed by atoms with Gasteiger partial charge in [0.1, 0.15) is 0 Å². The number of halogens is 1. The van der Waals surface area contributed by atoms with E-state index in [0.717, 1.165) is 23.8 Å². The zero-order valence-electron chi connectivity index (χ0n) is 11.1. The van der Waals surface area contributed by atoms with E-state index in [9.17, 15) is 0 Å². The molecule has 0 aliphatic rings. The van der Waals surface area contributed by atoms with Crippen molar-refractivity contribution >= 4 is 11.6 Å². The van der Waals surface area contributed by atoms with Crippen LogP contribution in [-0.2, 0) is 6.54 Å². The number of unbranched alkanes of at least 4 members (excludes halogenated alkanes) is 1. The first-order valence-electron chi connectivity index (χ1n) is 6.51. The molecule has 0 saturated carbocycles. The van der Waals surface area contributed by atoms with Crippen LogP contribution < -0.4 is 0 Å². The van der Waals surface area contributed by atoms with Crippen molar-refractivity contribution in [1.82, 2.24) is 9.88 Å². The van der Waals surface area contributed by atoms with Crippen LogP contribution in [0, 0.1) is 0 Å². The number of aromatic nitrogens is 1. The van der Waals surface area contributed by atoms with Gasteiger partial charge in [-0.25, -0.2) is 0 Å². The summed E-state index contributed by atoms with van der Waals surface area (Å²) in [5.74, 6) is 0. The summed E-state index contributed by atoms with van der Waals surface area (Å²) in [6.07, 6.45) is 5.43. The lowest BCUT2D eigenvalue weighted by Gasteiger charge is -2.28. The van der Waals surface area contributed by atoms with E-state index < -0.39 is 0 Å². The highest BCUT2D eigenvalue weighted by atomic mass is 35.5. The molecule has 1 aromatic rings. The Hall–Kier alpha value is -0.600. The molecule has 0 aromatic carbocycles. The van der Waals surface area contributed by atoms with Crippen LogP contribution in [-0.4, -0.2) is 22.5 Å². The minimum absolute atomic E-state index is 0.599. The third-order valence-electron chi connectivity index (χ3n) is 3.16. The fourth-order valence-corrected chi connectivity index (χ4v) is 2.00. The maximum atomic E-state index is 5.99. The molecule has 0 N–H and O–H groups in total. The average Bonchev–Trinajstić information content (AvgIpc) is 2.33. The van der Waals surface area contributed by atoms with E-state index >= 15 is 0 Å². The highest BCUT2D eigenvalue weighted by Gasteiger charge is 2.12. The summed E-state index contributed by atoms with van der Waals surface area (Å²) < 4.78 is 0. The Morgan fingerprint density at radius 1 is 1.41 bits per heavy atom. The van der Waals surface area contributed by atoms with Crippen LogP contribution in [0.15, 0.2) is 18.3 Å². The first kappa shape index (κ1) is 14.5. The summed E-state index contributed by atoms with van der Waals surface area (Å²) in [6.45, 7) is 8.77. The van der Waals surface area contributed by atoms with Crippen molar-refractivity contribution in [2.75, 3.05) is 6.54 Å². The zero-order valence-corrected chi connectivity index (χ0v) is 11.9. The van der Waals surface area contributed by atoms with E-state index in [1.165, 1.54) is 19.3 Å². The van der Waals surface area contributed by atoms with Gasteiger partial charge in [-0.05, 0) is 38.4 Å². The van der Waals surface area contributed by atoms with E-state index in [2.05, 4.69) is 30.7 Å². The molecule has 1 unspecified atom stereocenters. The van der Waals surface area contributed by atoms with Crippen molar-refractivity contribution in [2.24, 2.45) is 0 Å². The molecular formula is C14H23ClN2. The Morgan fingerprint density at radius 3 is 2.76 bits per heavy atom. The van der Waals surface area contributed by atoms with Gasteiger partial charge < -0.3 is 0 Å². The highest BCUT2D eigenvalue weighted by Crippen LogP contribution is 2.13. The molecule has 0 bridgehead atoms. The molecule has 0 spiro atoms. The molecule has 1 heterocycles. The van der Waals surface area contributed by atoms with Crippen LogP contribution in [0.2, 0.25) is 5.02 Å². The van der Waals surface area contributed by atoms with Crippen LogP contribution in [0.1, 0.15) is 45.7 Å². The molecule has 0 radical (unpaired) electrons. The van der Waals surface area contributed by atoms with Gasteiger partial charge in [-0.3, -0.25) is 9.88 Å². The van der Waals surface area contributed by atoms with Crippen molar-refractivity contribution < 1.29 is 0 Å². The van der Waals surface area contributed by atoms with E-state index in [1.807, 2.05) is 12.1 Å². The van der Waals surface area contributed by atoms with Gasteiger partial charge in [-0.1, -0.05) is 31.9 Å². The predicted molar refractivity (Wildman–Crippen MR) is 74.3 cm³/mol. The number of hydrogen-bond donors (Lipinski definition) is 0. The second-order valence-electron chi connectivity index (χ2n) is 4.55. The lowest BCUT2D eigenvalue weighted by Crippen LogP contribution is -2.33. The number of pyridine rings is 1. The van der Waals surface area contributed by atoms with Crippen LogP contribution in [0.5, 0.6) is 0 Å². The summed E-state index contributed by atoms with van der Waals surface area (Å²) in [7, 11) is 0. The molecule has 0 aliphatic carbocycles. The molecule has 1 aromatic heterocycles. The second-order valence-corrected chi connectivity index (χ2v) is 4.98. The number of nitrogens with zero attached hydrogens (tertiary/aromatic N) is 2. The van der Waals surface area contributed by atoms with E-state index in [1.54, 1.807) is 6.20 Å². The molecule has 17 heavy (non-hydrogen) atoms. The quantitative estimate of drug-likeness (QED) is 0.727. The monoisotopic (exact) mass is 254 g/mol. The van der Waals surface area contributed by atoms with Gasteiger partial charge >= 0.3 is 0 Å². The molecule has 3 heteroatoms. The van der Waals surface area contributed by atoms with E-state index in [-0.39, 0.29) is 0 Å². The molecule has 0 saturated heterocycles. The molecule has 0 fully saturated rings. The fraction of sp³-hybridized carbons (Fsp3) is 0.643. The molecule has 0 amide bonds. The Labute approximate surface area is 110 Å². The summed E-state index contributed by atoms with van der Waals surface area (Å²) >= 11 is 5.99. The van der Waals surface area contributed by atoms with Crippen LogP contribution in [0.25, 0.3) is 0 Å². The lowest BCUT2D eigenvalue weighted by molar-refractivity contribution is 0.190. The smallest absolute Gasteiger partial charge is 0.0558 e. The lowest BCUT2D eigenvalue weighted by atomic mass is 10.2. The normalized spacial score (nSPS) is 13.0. The molecule has 0 aliphatic heterocycles. The molecule has 2 nitrogen and oxygen atoms in total. The SMILES string of the molecule is CCCCN(Cc1cc(Cl)ccn1)C(C)CC. The van der Waals surface area contributed by atoms with Gasteiger partial charge in [0.25, 0.3) is 0 Å². The topological polar surface area (TPSA) is 16.1 Å². The van der Waals surface area contributed by atoms with Gasteiger partial charge in [0, 0.05) is 23.8 Å². The number of rotatable bonds is 7. The fourth-order valence-electron chi connectivity index (χ4n) is 1.82. The molecule has 1 atom stereocenters. The van der Waals surface area contributed by atoms with Crippen LogP contribution in [0.4, 0.5) is 0 Å². The van der Waals surface area contributed by atoms with Crippen molar-refractivity contribution in [1.29, 1.82) is 0 Å². The Kier molecular flexibility index (Phi) is 6.53. The van der Waals surface area contributed by atoms with Crippen molar-refractivity contribution in [3.05, 3.63) is 29.0 Å². The maximum Gasteiger partial charge on any atom is 0.0558 e.